The van der Waals surface area contributed by atoms with Crippen LogP contribution in [-0.2, 0) is 6.42 Å². The molecule has 26 heavy (non-hydrogen) atoms. The van der Waals surface area contributed by atoms with Crippen LogP contribution in [-0.4, -0.2) is 40.8 Å². The van der Waals surface area contributed by atoms with Crippen LogP contribution in [0.4, 0.5) is 0 Å². The Hall–Kier alpha value is -3.14. The number of hydrogen-bond donors (Lipinski definition) is 0. The van der Waals surface area contributed by atoms with E-state index in [1.54, 1.807) is 17.0 Å². The van der Waals surface area contributed by atoms with E-state index in [4.69, 9.17) is 14.4 Å². The van der Waals surface area contributed by atoms with Crippen molar-refractivity contribution < 1.29 is 18.7 Å². The quantitative estimate of drug-likeness (QED) is 0.842. The molecule has 4 rings (SSSR count). The Morgan fingerprint density at radius 3 is 3.04 bits per heavy atom. The molecule has 1 amide bonds. The molecular formula is C19H17N3O4. The van der Waals surface area contributed by atoms with Crippen LogP contribution in [0.3, 0.4) is 0 Å². The number of nitrogens with zero attached hydrogens (tertiary/aromatic N) is 3. The molecular weight excluding hydrogens is 334 g/mol. The molecule has 2 aliphatic rings. The number of furan rings is 1. The average Bonchev–Trinajstić information content (AvgIpc) is 3.30. The summed E-state index contributed by atoms with van der Waals surface area (Å²) in [7, 11) is 0. The van der Waals surface area contributed by atoms with Crippen molar-refractivity contribution in [2.24, 2.45) is 0 Å². The van der Waals surface area contributed by atoms with Gasteiger partial charge in [0.2, 0.25) is 5.88 Å². The number of aromatic nitrogens is 1. The lowest BCUT2D eigenvalue weighted by Gasteiger charge is -2.17. The zero-order valence-electron chi connectivity index (χ0n) is 14.1. The number of Topliss-reactive ketones (excluding diaryl/α,β-unsaturated/α-hetero) is 1. The molecule has 1 saturated heterocycles. The summed E-state index contributed by atoms with van der Waals surface area (Å²) in [5.41, 5.74) is 1.29. The normalized spacial score (nSPS) is 19.1. The van der Waals surface area contributed by atoms with Gasteiger partial charge < -0.3 is 14.1 Å². The van der Waals surface area contributed by atoms with Gasteiger partial charge >= 0.3 is 0 Å². The van der Waals surface area contributed by atoms with Crippen LogP contribution in [0, 0.1) is 11.3 Å². The summed E-state index contributed by atoms with van der Waals surface area (Å²) in [6.45, 7) is 0.975. The van der Waals surface area contributed by atoms with Gasteiger partial charge in [0.15, 0.2) is 5.78 Å². The maximum atomic E-state index is 12.8. The number of pyridine rings is 1. The lowest BCUT2D eigenvalue weighted by atomic mass is 9.94. The summed E-state index contributed by atoms with van der Waals surface area (Å²) in [6.07, 6.45) is 5.31. The van der Waals surface area contributed by atoms with Crippen LogP contribution in [0.5, 0.6) is 5.88 Å². The molecule has 132 valence electrons. The minimum absolute atomic E-state index is 0.0165. The number of ether oxygens (including phenoxy) is 1. The number of aryl methyl sites for hydroxylation is 1. The molecule has 3 heterocycles. The SMILES string of the molecule is N#Cc1ccc(O[C@@H]2CCN(C(=O)c3coc4c3C(=O)CCC4)C2)nc1. The summed E-state index contributed by atoms with van der Waals surface area (Å²) in [5, 5.41) is 8.80. The van der Waals surface area contributed by atoms with Crippen molar-refractivity contribution in [2.45, 2.75) is 31.8 Å². The second-order valence-corrected chi connectivity index (χ2v) is 6.50. The molecule has 2 aromatic rings. The number of carbonyl (C=O) groups excluding carboxylic acids is 2. The highest BCUT2D eigenvalue weighted by molar-refractivity contribution is 6.09. The predicted molar refractivity (Wildman–Crippen MR) is 89.9 cm³/mol. The Bertz CT molecular complexity index is 894. The standard InChI is InChI=1S/C19H17N3O4/c20-8-12-4-5-17(21-9-12)26-13-6-7-22(10-13)19(24)14-11-25-16-3-1-2-15(23)18(14)16/h4-5,9,11,13H,1-3,6-7,10H2/t13-/m1/s1. The zero-order valence-corrected chi connectivity index (χ0v) is 14.1. The van der Waals surface area contributed by atoms with Crippen LogP contribution in [0.15, 0.2) is 29.0 Å². The second-order valence-electron chi connectivity index (χ2n) is 6.50. The summed E-state index contributed by atoms with van der Waals surface area (Å²) in [4.78, 5) is 30.7. The summed E-state index contributed by atoms with van der Waals surface area (Å²) >= 11 is 0. The number of hydrogen-bond acceptors (Lipinski definition) is 6. The maximum Gasteiger partial charge on any atom is 0.258 e. The van der Waals surface area contributed by atoms with Crippen molar-refractivity contribution in [3.8, 4) is 11.9 Å². The lowest BCUT2D eigenvalue weighted by Crippen LogP contribution is -2.32. The van der Waals surface area contributed by atoms with Crippen LogP contribution >= 0.6 is 0 Å². The van der Waals surface area contributed by atoms with E-state index >= 15 is 0 Å². The summed E-state index contributed by atoms with van der Waals surface area (Å²) in [6, 6.07) is 5.30. The van der Waals surface area contributed by atoms with Gasteiger partial charge in [-0.3, -0.25) is 9.59 Å². The second kappa shape index (κ2) is 6.64. The van der Waals surface area contributed by atoms with E-state index in [1.807, 2.05) is 6.07 Å². The predicted octanol–water partition coefficient (Wildman–Crippen LogP) is 2.36. The number of ketones is 1. The van der Waals surface area contributed by atoms with E-state index < -0.39 is 0 Å². The maximum absolute atomic E-state index is 12.8. The zero-order chi connectivity index (χ0) is 18.1. The van der Waals surface area contributed by atoms with Crippen molar-refractivity contribution in [3.05, 3.63) is 47.0 Å². The third kappa shape index (κ3) is 2.94. The minimum atomic E-state index is -0.191. The van der Waals surface area contributed by atoms with Gasteiger partial charge in [-0.15, -0.1) is 0 Å². The third-order valence-corrected chi connectivity index (χ3v) is 4.77. The van der Waals surface area contributed by atoms with Gasteiger partial charge in [0.05, 0.1) is 23.2 Å². The Morgan fingerprint density at radius 2 is 2.27 bits per heavy atom. The molecule has 1 aliphatic carbocycles. The molecule has 1 aliphatic heterocycles. The molecule has 0 bridgehead atoms. The monoisotopic (exact) mass is 351 g/mol. The molecule has 0 saturated carbocycles. The molecule has 0 spiro atoms. The van der Waals surface area contributed by atoms with Crippen LogP contribution in [0.25, 0.3) is 0 Å². The number of carbonyl (C=O) groups is 2. The summed E-state index contributed by atoms with van der Waals surface area (Å²) < 4.78 is 11.2. The van der Waals surface area contributed by atoms with Gasteiger partial charge in [-0.2, -0.15) is 5.26 Å². The van der Waals surface area contributed by atoms with Crippen LogP contribution in [0.2, 0.25) is 0 Å². The molecule has 1 atom stereocenters. The van der Waals surface area contributed by atoms with E-state index in [1.165, 1.54) is 12.5 Å². The molecule has 0 N–H and O–H groups in total. The van der Waals surface area contributed by atoms with Crippen molar-refractivity contribution in [3.63, 3.8) is 0 Å². The number of amides is 1. The molecule has 1 fully saturated rings. The van der Waals surface area contributed by atoms with Crippen molar-refractivity contribution in [1.82, 2.24) is 9.88 Å². The Morgan fingerprint density at radius 1 is 1.38 bits per heavy atom. The van der Waals surface area contributed by atoms with Crippen LogP contribution < -0.4 is 4.74 Å². The van der Waals surface area contributed by atoms with Gasteiger partial charge in [-0.1, -0.05) is 0 Å². The lowest BCUT2D eigenvalue weighted by molar-refractivity contribution is 0.0765. The Balaban J connectivity index is 1.44. The Labute approximate surface area is 150 Å². The third-order valence-electron chi connectivity index (χ3n) is 4.77. The molecule has 2 aromatic heterocycles. The van der Waals surface area contributed by atoms with Gasteiger partial charge in [0.1, 0.15) is 24.2 Å². The van der Waals surface area contributed by atoms with E-state index in [0.717, 1.165) is 6.42 Å². The Kier molecular flexibility index (Phi) is 4.17. The number of nitriles is 1. The van der Waals surface area contributed by atoms with Crippen molar-refractivity contribution in [2.75, 3.05) is 13.1 Å². The molecule has 0 radical (unpaired) electrons. The van der Waals surface area contributed by atoms with Crippen LogP contribution in [0.1, 0.15) is 51.3 Å². The highest BCUT2D eigenvalue weighted by Crippen LogP contribution is 2.28. The fourth-order valence-corrected chi connectivity index (χ4v) is 3.45. The van der Waals surface area contributed by atoms with Crippen molar-refractivity contribution in [1.29, 1.82) is 5.26 Å². The average molecular weight is 351 g/mol. The van der Waals surface area contributed by atoms with Gasteiger partial charge in [0.25, 0.3) is 5.91 Å². The van der Waals surface area contributed by atoms with Gasteiger partial charge in [-0.05, 0) is 12.5 Å². The first-order valence-electron chi connectivity index (χ1n) is 8.61. The van der Waals surface area contributed by atoms with Crippen molar-refractivity contribution >= 4 is 11.7 Å². The summed E-state index contributed by atoms with van der Waals surface area (Å²) in [5.74, 6) is 0.846. The van der Waals surface area contributed by atoms with E-state index in [0.29, 0.717) is 60.7 Å². The first-order valence-corrected chi connectivity index (χ1v) is 8.61. The fraction of sp³-hybridized carbons (Fsp3) is 0.368. The molecule has 7 heteroatoms. The highest BCUT2D eigenvalue weighted by atomic mass is 16.5. The fourth-order valence-electron chi connectivity index (χ4n) is 3.45. The number of likely N-dealkylation sites (tertiary alicyclic amines) is 1. The minimum Gasteiger partial charge on any atom is -0.472 e. The van der Waals surface area contributed by atoms with E-state index in [9.17, 15) is 9.59 Å². The first-order chi connectivity index (χ1) is 12.7. The van der Waals surface area contributed by atoms with Gasteiger partial charge in [0, 0.05) is 38.1 Å². The number of fused-ring (bicyclic) bond motifs is 1. The molecule has 0 aromatic carbocycles. The highest BCUT2D eigenvalue weighted by Gasteiger charge is 2.34. The number of rotatable bonds is 3. The first kappa shape index (κ1) is 16.3. The molecule has 0 unspecified atom stereocenters. The topological polar surface area (TPSA) is 96.4 Å². The molecule has 7 nitrogen and oxygen atoms in total. The van der Waals surface area contributed by atoms with E-state index in [2.05, 4.69) is 4.98 Å². The largest absolute Gasteiger partial charge is 0.472 e. The van der Waals surface area contributed by atoms with Gasteiger partial charge in [-0.25, -0.2) is 4.98 Å². The van der Waals surface area contributed by atoms with E-state index in [-0.39, 0.29) is 17.8 Å². The smallest absolute Gasteiger partial charge is 0.258 e.